The van der Waals surface area contributed by atoms with Crippen molar-refractivity contribution in [3.05, 3.63) is 36.5 Å². The minimum atomic E-state index is -0.382. The largest absolute Gasteiger partial charge is 0.495 e. The molecule has 1 aromatic heterocycles. The molecule has 10 heteroatoms. The molecule has 188 valence electrons. The standard InChI is InChI=1S/C25H32N4O5S/c1-31-20-9-8-15(11-19(20)29-25(30)18(27)7-5-6-10-26)17-14-28-35-24(17)16-12-21(32-2)23(34-4)22(13-16)33-3/h8-9,11-14,18H,5-7,10,26-27H2,1-4H3,(H,29,30)/p+1/t18-/m1/s1. The van der Waals surface area contributed by atoms with E-state index in [9.17, 15) is 4.79 Å². The zero-order valence-electron chi connectivity index (χ0n) is 20.6. The zero-order chi connectivity index (χ0) is 25.4. The predicted octanol–water partition coefficient (Wildman–Crippen LogP) is 3.19. The van der Waals surface area contributed by atoms with Crippen LogP contribution in [0.1, 0.15) is 19.3 Å². The summed E-state index contributed by atoms with van der Waals surface area (Å²) < 4.78 is 26.4. The van der Waals surface area contributed by atoms with Crippen LogP contribution in [0.2, 0.25) is 0 Å². The molecule has 0 radical (unpaired) electrons. The molecule has 9 nitrogen and oxygen atoms in total. The van der Waals surface area contributed by atoms with E-state index in [4.69, 9.17) is 24.7 Å². The number of nitrogens with one attached hydrogen (secondary N) is 1. The lowest BCUT2D eigenvalue weighted by Gasteiger charge is -2.15. The predicted molar refractivity (Wildman–Crippen MR) is 137 cm³/mol. The highest BCUT2D eigenvalue weighted by molar-refractivity contribution is 7.10. The van der Waals surface area contributed by atoms with Crippen molar-refractivity contribution in [2.24, 2.45) is 5.73 Å². The first-order valence-electron chi connectivity index (χ1n) is 11.2. The van der Waals surface area contributed by atoms with Gasteiger partial charge in [0.25, 0.3) is 5.91 Å². The van der Waals surface area contributed by atoms with E-state index in [1.165, 1.54) is 11.5 Å². The number of benzene rings is 2. The maximum atomic E-state index is 12.8. The molecule has 3 aromatic rings. The van der Waals surface area contributed by atoms with Gasteiger partial charge < -0.3 is 35.7 Å². The summed E-state index contributed by atoms with van der Waals surface area (Å²) in [5, 5.41) is 2.97. The van der Waals surface area contributed by atoms with Gasteiger partial charge in [0.05, 0.1) is 39.0 Å². The van der Waals surface area contributed by atoms with Gasteiger partial charge >= 0.3 is 0 Å². The number of carbonyl (C=O) groups is 1. The van der Waals surface area contributed by atoms with E-state index in [1.54, 1.807) is 34.6 Å². The first kappa shape index (κ1) is 26.3. The highest BCUT2D eigenvalue weighted by atomic mass is 32.1. The first-order valence-corrected chi connectivity index (χ1v) is 12.0. The minimum absolute atomic E-state index is 0.161. The number of hydrogen-bond donors (Lipinski definition) is 3. The number of nitrogens with two attached hydrogens (primary N) is 1. The highest BCUT2D eigenvalue weighted by Gasteiger charge is 2.21. The van der Waals surface area contributed by atoms with Crippen molar-refractivity contribution < 1.29 is 29.5 Å². The molecule has 35 heavy (non-hydrogen) atoms. The molecule has 3 rings (SSSR count). The lowest BCUT2D eigenvalue weighted by molar-refractivity contribution is -0.404. The average Bonchev–Trinajstić information content (AvgIpc) is 3.37. The number of ether oxygens (including phenoxy) is 4. The van der Waals surface area contributed by atoms with Crippen LogP contribution in [0.15, 0.2) is 36.5 Å². The Morgan fingerprint density at radius 1 is 1.00 bits per heavy atom. The highest BCUT2D eigenvalue weighted by Crippen LogP contribution is 2.45. The third kappa shape index (κ3) is 6.02. The molecule has 0 saturated heterocycles. The van der Waals surface area contributed by atoms with Gasteiger partial charge in [-0.15, -0.1) is 0 Å². The van der Waals surface area contributed by atoms with Gasteiger partial charge in [0.1, 0.15) is 5.75 Å². The molecule has 0 unspecified atom stereocenters. The van der Waals surface area contributed by atoms with Crippen molar-refractivity contribution in [3.8, 4) is 44.6 Å². The summed E-state index contributed by atoms with van der Waals surface area (Å²) in [5.41, 5.74) is 12.8. The molecule has 0 bridgehead atoms. The van der Waals surface area contributed by atoms with Gasteiger partial charge in [-0.3, -0.25) is 4.79 Å². The van der Waals surface area contributed by atoms with Crippen LogP contribution in [0.3, 0.4) is 0 Å². The van der Waals surface area contributed by atoms with Crippen LogP contribution >= 0.6 is 11.5 Å². The van der Waals surface area contributed by atoms with Gasteiger partial charge in [-0.1, -0.05) is 6.07 Å². The van der Waals surface area contributed by atoms with Gasteiger partial charge in [0.2, 0.25) is 5.75 Å². The fourth-order valence-corrected chi connectivity index (χ4v) is 4.50. The van der Waals surface area contributed by atoms with Gasteiger partial charge in [0, 0.05) is 23.7 Å². The van der Waals surface area contributed by atoms with Gasteiger partial charge in [-0.05, 0) is 60.7 Å². The van der Waals surface area contributed by atoms with E-state index in [2.05, 4.69) is 15.4 Å². The number of quaternary nitrogens is 1. The third-order valence-corrected chi connectivity index (χ3v) is 6.49. The normalized spacial score (nSPS) is 11.6. The number of methoxy groups -OCH3 is 4. The molecule has 0 saturated carbocycles. The average molecular weight is 502 g/mol. The van der Waals surface area contributed by atoms with E-state index < -0.39 is 0 Å². The quantitative estimate of drug-likeness (QED) is 0.325. The van der Waals surface area contributed by atoms with Crippen LogP contribution in [-0.2, 0) is 4.79 Å². The third-order valence-electron chi connectivity index (χ3n) is 5.64. The van der Waals surface area contributed by atoms with E-state index in [0.29, 0.717) is 41.7 Å². The van der Waals surface area contributed by atoms with Crippen LogP contribution in [0.5, 0.6) is 23.0 Å². The fourth-order valence-electron chi connectivity index (χ4n) is 3.74. The molecule has 0 fully saturated rings. The minimum Gasteiger partial charge on any atom is -0.495 e. The van der Waals surface area contributed by atoms with Crippen molar-refractivity contribution in [2.75, 3.05) is 40.3 Å². The molecule has 0 aliphatic heterocycles. The zero-order valence-corrected chi connectivity index (χ0v) is 21.4. The number of amides is 1. The van der Waals surface area contributed by atoms with Crippen molar-refractivity contribution in [2.45, 2.75) is 25.3 Å². The second kappa shape index (κ2) is 12.4. The maximum absolute atomic E-state index is 12.8. The smallest absolute Gasteiger partial charge is 0.282 e. The Morgan fingerprint density at radius 3 is 2.29 bits per heavy atom. The van der Waals surface area contributed by atoms with Crippen LogP contribution < -0.4 is 35.7 Å². The van der Waals surface area contributed by atoms with E-state index in [-0.39, 0.29) is 11.9 Å². The summed E-state index contributed by atoms with van der Waals surface area (Å²) in [6, 6.07) is 9.04. The van der Waals surface area contributed by atoms with Crippen LogP contribution in [0, 0.1) is 0 Å². The number of rotatable bonds is 12. The number of anilines is 1. The van der Waals surface area contributed by atoms with E-state index >= 15 is 0 Å². The molecule has 1 atom stereocenters. The number of nitrogens with zero attached hydrogens (tertiary/aromatic N) is 1. The van der Waals surface area contributed by atoms with E-state index in [0.717, 1.165) is 34.4 Å². The summed E-state index contributed by atoms with van der Waals surface area (Å²) in [5.74, 6) is 2.04. The number of unbranched alkanes of at least 4 members (excludes halogenated alkanes) is 1. The topological polar surface area (TPSA) is 133 Å². The Hall–Kier alpha value is -3.34. The lowest BCUT2D eigenvalue weighted by Crippen LogP contribution is -2.66. The van der Waals surface area contributed by atoms with Gasteiger partial charge in [-0.25, -0.2) is 0 Å². The molecule has 1 amide bonds. The second-order valence-corrected chi connectivity index (χ2v) is 8.67. The summed E-state index contributed by atoms with van der Waals surface area (Å²) >= 11 is 1.35. The van der Waals surface area contributed by atoms with Gasteiger partial charge in [-0.2, -0.15) is 4.37 Å². The van der Waals surface area contributed by atoms with Crippen LogP contribution in [0.25, 0.3) is 21.6 Å². The van der Waals surface area contributed by atoms with Crippen LogP contribution in [-0.4, -0.2) is 51.3 Å². The number of aromatic nitrogens is 1. The summed E-state index contributed by atoms with van der Waals surface area (Å²) in [7, 11) is 6.30. The van der Waals surface area contributed by atoms with Crippen molar-refractivity contribution in [1.29, 1.82) is 0 Å². The van der Waals surface area contributed by atoms with Crippen molar-refractivity contribution >= 4 is 23.1 Å². The lowest BCUT2D eigenvalue weighted by atomic mass is 10.0. The molecule has 2 aromatic carbocycles. The molecule has 0 spiro atoms. The molecule has 0 aliphatic carbocycles. The number of hydrogen-bond acceptors (Lipinski definition) is 8. The summed E-state index contributed by atoms with van der Waals surface area (Å²) in [6.45, 7) is 0.604. The Bertz CT molecular complexity index is 1130. The van der Waals surface area contributed by atoms with Gasteiger partial charge in [0.15, 0.2) is 17.5 Å². The Labute approximate surface area is 209 Å². The first-order chi connectivity index (χ1) is 17.0. The molecular weight excluding hydrogens is 468 g/mol. The second-order valence-electron chi connectivity index (χ2n) is 7.87. The fraction of sp³-hybridized carbons (Fsp3) is 0.360. The Kier molecular flexibility index (Phi) is 9.30. The summed E-state index contributed by atoms with van der Waals surface area (Å²) in [6.07, 6.45) is 4.19. The monoisotopic (exact) mass is 501 g/mol. The SMILES string of the molecule is COc1ccc(-c2cnsc2-c2cc(OC)c(OC)c(OC)c2)cc1NC(=O)[C@H]([NH3+])CCCCN. The molecule has 1 heterocycles. The van der Waals surface area contributed by atoms with Crippen molar-refractivity contribution in [3.63, 3.8) is 0 Å². The summed E-state index contributed by atoms with van der Waals surface area (Å²) in [4.78, 5) is 13.7. The van der Waals surface area contributed by atoms with E-state index in [1.807, 2.05) is 30.3 Å². The molecule has 6 N–H and O–H groups in total. The number of carbonyl (C=O) groups excluding carboxylic acids is 1. The van der Waals surface area contributed by atoms with Crippen molar-refractivity contribution in [1.82, 2.24) is 4.37 Å². The Morgan fingerprint density at radius 2 is 1.69 bits per heavy atom. The van der Waals surface area contributed by atoms with Crippen LogP contribution in [0.4, 0.5) is 5.69 Å². The Balaban J connectivity index is 1.96. The maximum Gasteiger partial charge on any atom is 0.282 e. The molecular formula is C25H33N4O5S+. The molecule has 0 aliphatic rings.